The van der Waals surface area contributed by atoms with Gasteiger partial charge in [0.15, 0.2) is 18.8 Å². The zero-order chi connectivity index (χ0) is 11.4. The van der Waals surface area contributed by atoms with Crippen LogP contribution in [0, 0.1) is 0 Å². The van der Waals surface area contributed by atoms with Crippen molar-refractivity contribution in [2.75, 3.05) is 13.4 Å². The molecule has 0 rings (SSSR count). The minimum absolute atomic E-state index is 0.163. The van der Waals surface area contributed by atoms with E-state index in [4.69, 9.17) is 9.47 Å². The summed E-state index contributed by atoms with van der Waals surface area (Å²) in [5.41, 5.74) is 0. The number of aldehydes is 1. The maximum absolute atomic E-state index is 10.6. The molecule has 0 aromatic carbocycles. The summed E-state index contributed by atoms with van der Waals surface area (Å²) >= 11 is 0. The van der Waals surface area contributed by atoms with Gasteiger partial charge in [-0.2, -0.15) is 0 Å². The van der Waals surface area contributed by atoms with Crippen LogP contribution in [-0.4, -0.2) is 19.7 Å². The molecule has 3 nitrogen and oxygen atoms in total. The van der Waals surface area contributed by atoms with E-state index in [9.17, 15) is 4.79 Å². The second kappa shape index (κ2) is 11.2. The molecule has 0 atom stereocenters. The van der Waals surface area contributed by atoms with Crippen molar-refractivity contribution in [3.8, 4) is 0 Å². The van der Waals surface area contributed by atoms with Gasteiger partial charge in [0.25, 0.3) is 0 Å². The fourth-order valence-electron chi connectivity index (χ4n) is 1.15. The third-order valence-electron chi connectivity index (χ3n) is 2.03. The molecule has 0 bridgehead atoms. The van der Waals surface area contributed by atoms with Gasteiger partial charge < -0.3 is 9.47 Å². The lowest BCUT2D eigenvalue weighted by molar-refractivity contribution is -0.110. The van der Waals surface area contributed by atoms with E-state index < -0.39 is 0 Å². The number of hydrogen-bond donors (Lipinski definition) is 0. The van der Waals surface area contributed by atoms with Crippen LogP contribution in [0.1, 0.15) is 46.0 Å². The van der Waals surface area contributed by atoms with E-state index in [0.29, 0.717) is 12.4 Å². The molecule has 0 aromatic heterocycles. The van der Waals surface area contributed by atoms with E-state index in [1.54, 1.807) is 0 Å². The van der Waals surface area contributed by atoms with Crippen LogP contribution in [0.5, 0.6) is 0 Å². The fourth-order valence-corrected chi connectivity index (χ4v) is 1.15. The van der Waals surface area contributed by atoms with Gasteiger partial charge in [-0.05, 0) is 25.8 Å². The topological polar surface area (TPSA) is 35.5 Å². The number of rotatable bonds is 10. The van der Waals surface area contributed by atoms with Crippen molar-refractivity contribution in [2.24, 2.45) is 0 Å². The molecular weight excluding hydrogens is 192 g/mol. The van der Waals surface area contributed by atoms with Gasteiger partial charge in [0.1, 0.15) is 0 Å². The summed E-state index contributed by atoms with van der Waals surface area (Å²) in [4.78, 5) is 10.6. The molecule has 0 aliphatic heterocycles. The Morgan fingerprint density at radius 2 is 2.00 bits per heavy atom. The van der Waals surface area contributed by atoms with E-state index in [0.717, 1.165) is 19.1 Å². The molecule has 0 spiro atoms. The number of ether oxygens (including phenoxy) is 2. The molecule has 0 amide bonds. The summed E-state index contributed by atoms with van der Waals surface area (Å²) in [7, 11) is 0. The van der Waals surface area contributed by atoms with Crippen LogP contribution < -0.4 is 0 Å². The van der Waals surface area contributed by atoms with Gasteiger partial charge >= 0.3 is 0 Å². The minimum atomic E-state index is 0.163. The van der Waals surface area contributed by atoms with E-state index in [-0.39, 0.29) is 6.79 Å². The van der Waals surface area contributed by atoms with Crippen LogP contribution in [0.3, 0.4) is 0 Å². The van der Waals surface area contributed by atoms with Gasteiger partial charge in [-0.15, -0.1) is 0 Å². The van der Waals surface area contributed by atoms with Crippen molar-refractivity contribution in [3.63, 3.8) is 0 Å². The molecule has 0 aliphatic rings. The van der Waals surface area contributed by atoms with E-state index in [1.165, 1.54) is 19.3 Å². The van der Waals surface area contributed by atoms with Crippen molar-refractivity contribution in [1.82, 2.24) is 0 Å². The molecule has 0 saturated carbocycles. The van der Waals surface area contributed by atoms with E-state index in [1.807, 2.05) is 13.0 Å². The molecule has 0 saturated heterocycles. The molecule has 15 heavy (non-hydrogen) atoms. The van der Waals surface area contributed by atoms with Crippen LogP contribution >= 0.6 is 0 Å². The maximum atomic E-state index is 10.6. The molecule has 0 unspecified atom stereocenters. The Morgan fingerprint density at radius 3 is 2.60 bits per heavy atom. The van der Waals surface area contributed by atoms with Crippen LogP contribution in [0.2, 0.25) is 0 Å². The molecule has 88 valence electrons. The van der Waals surface area contributed by atoms with Crippen molar-refractivity contribution in [2.45, 2.75) is 46.0 Å². The lowest BCUT2D eigenvalue weighted by Crippen LogP contribution is -2.00. The molecule has 0 fully saturated rings. The zero-order valence-electron chi connectivity index (χ0n) is 9.83. The minimum Gasteiger partial charge on any atom is -0.464 e. The van der Waals surface area contributed by atoms with Gasteiger partial charge in [-0.25, -0.2) is 0 Å². The summed E-state index contributed by atoms with van der Waals surface area (Å²) in [5.74, 6) is 0.389. The van der Waals surface area contributed by atoms with Crippen molar-refractivity contribution >= 4 is 6.29 Å². The highest BCUT2D eigenvalue weighted by atomic mass is 16.7. The zero-order valence-corrected chi connectivity index (χ0v) is 9.83. The van der Waals surface area contributed by atoms with Crippen LogP contribution in [0.25, 0.3) is 0 Å². The second-order valence-corrected chi connectivity index (χ2v) is 3.33. The first kappa shape index (κ1) is 14.2. The van der Waals surface area contributed by atoms with Crippen LogP contribution in [0.15, 0.2) is 11.8 Å². The summed E-state index contributed by atoms with van der Waals surface area (Å²) < 4.78 is 10.1. The van der Waals surface area contributed by atoms with Gasteiger partial charge in [0, 0.05) is 6.61 Å². The largest absolute Gasteiger partial charge is 0.464 e. The summed E-state index contributed by atoms with van der Waals surface area (Å²) in [6.07, 6.45) is 8.28. The number of carbonyl (C=O) groups is 1. The Balaban J connectivity index is 3.55. The van der Waals surface area contributed by atoms with Gasteiger partial charge in [0.2, 0.25) is 0 Å². The second-order valence-electron chi connectivity index (χ2n) is 3.33. The highest BCUT2D eigenvalue weighted by molar-refractivity contribution is 5.69. The fraction of sp³-hybridized carbons (Fsp3) is 0.750. The Hall–Kier alpha value is -0.830. The molecule has 0 N–H and O–H groups in total. The summed E-state index contributed by atoms with van der Waals surface area (Å²) in [6, 6.07) is 0. The predicted octanol–water partition coefficient (Wildman–Crippen LogP) is 3.05. The summed E-state index contributed by atoms with van der Waals surface area (Å²) in [6.45, 7) is 4.83. The van der Waals surface area contributed by atoms with Crippen molar-refractivity contribution in [1.29, 1.82) is 0 Å². The molecule has 3 heteroatoms. The monoisotopic (exact) mass is 214 g/mol. The SMILES string of the molecule is CCCCCCC=C(C=O)OCOCC. The molecule has 0 radical (unpaired) electrons. The quantitative estimate of drug-likeness (QED) is 0.184. The number of unbranched alkanes of at least 4 members (excludes halogenated alkanes) is 4. The number of hydrogen-bond acceptors (Lipinski definition) is 3. The Bertz CT molecular complexity index is 176. The smallest absolute Gasteiger partial charge is 0.189 e. The maximum Gasteiger partial charge on any atom is 0.189 e. The standard InChI is InChI=1S/C12H22O3/c1-3-5-6-7-8-9-12(10-13)15-11-14-4-2/h9-10H,3-8,11H2,1-2H3. The van der Waals surface area contributed by atoms with E-state index >= 15 is 0 Å². The van der Waals surface area contributed by atoms with Crippen molar-refractivity contribution < 1.29 is 14.3 Å². The van der Waals surface area contributed by atoms with Gasteiger partial charge in [-0.1, -0.05) is 26.2 Å². The molecule has 0 heterocycles. The predicted molar refractivity (Wildman–Crippen MR) is 60.5 cm³/mol. The first-order valence-electron chi connectivity index (χ1n) is 5.71. The van der Waals surface area contributed by atoms with Gasteiger partial charge in [0.05, 0.1) is 0 Å². The highest BCUT2D eigenvalue weighted by Crippen LogP contribution is 2.05. The van der Waals surface area contributed by atoms with Crippen LogP contribution in [0.4, 0.5) is 0 Å². The van der Waals surface area contributed by atoms with Gasteiger partial charge in [-0.3, -0.25) is 4.79 Å². The van der Waals surface area contributed by atoms with Crippen LogP contribution in [-0.2, 0) is 14.3 Å². The normalized spacial score (nSPS) is 11.5. The molecule has 0 aromatic rings. The Labute approximate surface area is 92.5 Å². The van der Waals surface area contributed by atoms with E-state index in [2.05, 4.69) is 6.92 Å². The Kier molecular flexibility index (Phi) is 10.6. The first-order valence-corrected chi connectivity index (χ1v) is 5.71. The third-order valence-corrected chi connectivity index (χ3v) is 2.03. The lowest BCUT2D eigenvalue weighted by atomic mass is 10.1. The third kappa shape index (κ3) is 9.47. The average molecular weight is 214 g/mol. The highest BCUT2D eigenvalue weighted by Gasteiger charge is 1.95. The lowest BCUT2D eigenvalue weighted by Gasteiger charge is -2.04. The first-order chi connectivity index (χ1) is 7.35. The van der Waals surface area contributed by atoms with Crippen molar-refractivity contribution in [3.05, 3.63) is 11.8 Å². The number of allylic oxidation sites excluding steroid dienone is 2. The Morgan fingerprint density at radius 1 is 1.20 bits per heavy atom. The molecule has 0 aliphatic carbocycles. The summed E-state index contributed by atoms with van der Waals surface area (Å²) in [5, 5.41) is 0. The molecular formula is C12H22O3. The average Bonchev–Trinajstić information content (AvgIpc) is 2.26. The number of carbonyl (C=O) groups excluding carboxylic acids is 1.